The maximum Gasteiger partial charge on any atom is 0.183 e. The summed E-state index contributed by atoms with van der Waals surface area (Å²) in [5.41, 5.74) is 1.27. The number of benzene rings is 1. The summed E-state index contributed by atoms with van der Waals surface area (Å²) in [7, 11) is 0. The van der Waals surface area contributed by atoms with Crippen LogP contribution in [0.15, 0.2) is 35.9 Å². The Balaban J connectivity index is 2.26. The van der Waals surface area contributed by atoms with E-state index in [1.807, 2.05) is 0 Å². The van der Waals surface area contributed by atoms with E-state index in [9.17, 15) is 14.4 Å². The Morgan fingerprint density at radius 3 is 2.61 bits per heavy atom. The Morgan fingerprint density at radius 2 is 1.83 bits per heavy atom. The van der Waals surface area contributed by atoms with Gasteiger partial charge in [0.25, 0.3) is 0 Å². The monoisotopic (exact) mass is 258 g/mol. The SMILES string of the molecule is O=C1C=CC(=O)C2C(=O)c3ccc(Cl)cc3C=C12. The molecule has 1 aromatic carbocycles. The van der Waals surface area contributed by atoms with Crippen molar-refractivity contribution in [2.24, 2.45) is 5.92 Å². The van der Waals surface area contributed by atoms with E-state index in [0.717, 1.165) is 0 Å². The highest BCUT2D eigenvalue weighted by atomic mass is 35.5. The molecule has 88 valence electrons. The Labute approximate surface area is 108 Å². The molecule has 3 nitrogen and oxygen atoms in total. The van der Waals surface area contributed by atoms with E-state index in [0.29, 0.717) is 16.1 Å². The van der Waals surface area contributed by atoms with Gasteiger partial charge in [0.2, 0.25) is 0 Å². The van der Waals surface area contributed by atoms with E-state index in [-0.39, 0.29) is 22.9 Å². The van der Waals surface area contributed by atoms with Gasteiger partial charge in [0.1, 0.15) is 5.92 Å². The number of ketones is 3. The summed E-state index contributed by atoms with van der Waals surface area (Å²) in [5, 5.41) is 0.488. The molecule has 1 aromatic rings. The van der Waals surface area contributed by atoms with Gasteiger partial charge in [0.15, 0.2) is 17.3 Å². The largest absolute Gasteiger partial charge is 0.294 e. The fourth-order valence-electron chi connectivity index (χ4n) is 2.27. The van der Waals surface area contributed by atoms with Crippen LogP contribution in [0.5, 0.6) is 0 Å². The minimum atomic E-state index is -0.976. The fraction of sp³-hybridized carbons (Fsp3) is 0.0714. The third-order valence-electron chi connectivity index (χ3n) is 3.13. The summed E-state index contributed by atoms with van der Waals surface area (Å²) in [5.74, 6) is -1.94. The van der Waals surface area contributed by atoms with E-state index >= 15 is 0 Å². The molecule has 0 bridgehead atoms. The summed E-state index contributed by atoms with van der Waals surface area (Å²) in [6.07, 6.45) is 3.95. The molecule has 0 aromatic heterocycles. The maximum atomic E-state index is 12.2. The topological polar surface area (TPSA) is 51.2 Å². The van der Waals surface area contributed by atoms with Crippen molar-refractivity contribution < 1.29 is 14.4 Å². The second-order valence-corrected chi connectivity index (χ2v) is 4.66. The first-order valence-electron chi connectivity index (χ1n) is 5.39. The molecule has 0 saturated heterocycles. The zero-order valence-corrected chi connectivity index (χ0v) is 9.90. The van der Waals surface area contributed by atoms with E-state index in [1.165, 1.54) is 12.2 Å². The van der Waals surface area contributed by atoms with Crippen molar-refractivity contribution in [3.63, 3.8) is 0 Å². The fourth-order valence-corrected chi connectivity index (χ4v) is 2.45. The Bertz CT molecular complexity index is 668. The molecule has 0 aliphatic heterocycles. The van der Waals surface area contributed by atoms with Crippen molar-refractivity contribution in [1.29, 1.82) is 0 Å². The second-order valence-electron chi connectivity index (χ2n) is 4.23. The first kappa shape index (κ1) is 11.1. The lowest BCUT2D eigenvalue weighted by Gasteiger charge is -2.23. The maximum absolute atomic E-state index is 12.2. The van der Waals surface area contributed by atoms with Gasteiger partial charge in [-0.05, 0) is 42.0 Å². The smallest absolute Gasteiger partial charge is 0.183 e. The molecule has 4 heteroatoms. The number of carbonyl (C=O) groups is 3. The number of hydrogen-bond donors (Lipinski definition) is 0. The Morgan fingerprint density at radius 1 is 1.06 bits per heavy atom. The average Bonchev–Trinajstić information content (AvgIpc) is 2.33. The molecule has 18 heavy (non-hydrogen) atoms. The summed E-state index contributed by atoms with van der Waals surface area (Å²) >= 11 is 5.86. The van der Waals surface area contributed by atoms with Crippen molar-refractivity contribution in [3.8, 4) is 0 Å². The van der Waals surface area contributed by atoms with Crippen LogP contribution in [0.25, 0.3) is 6.08 Å². The molecule has 0 spiro atoms. The first-order chi connectivity index (χ1) is 8.58. The summed E-state index contributed by atoms with van der Waals surface area (Å²) in [4.78, 5) is 35.7. The second kappa shape index (κ2) is 3.75. The highest BCUT2D eigenvalue weighted by Gasteiger charge is 2.38. The van der Waals surface area contributed by atoms with E-state index in [4.69, 9.17) is 11.6 Å². The van der Waals surface area contributed by atoms with Gasteiger partial charge in [-0.3, -0.25) is 14.4 Å². The van der Waals surface area contributed by atoms with Crippen molar-refractivity contribution in [2.75, 3.05) is 0 Å². The van der Waals surface area contributed by atoms with Gasteiger partial charge in [-0.25, -0.2) is 0 Å². The molecule has 0 radical (unpaired) electrons. The minimum absolute atomic E-state index is 0.238. The molecule has 0 saturated carbocycles. The normalized spacial score (nSPS) is 21.5. The summed E-state index contributed by atoms with van der Waals surface area (Å²) in [6, 6.07) is 4.81. The molecule has 0 heterocycles. The lowest BCUT2D eigenvalue weighted by molar-refractivity contribution is -0.120. The van der Waals surface area contributed by atoms with Gasteiger partial charge in [-0.15, -0.1) is 0 Å². The molecule has 1 atom stereocenters. The average molecular weight is 259 g/mol. The molecular weight excluding hydrogens is 252 g/mol. The summed E-state index contributed by atoms with van der Waals surface area (Å²) < 4.78 is 0. The number of carbonyl (C=O) groups excluding carboxylic acids is 3. The van der Waals surface area contributed by atoms with Crippen molar-refractivity contribution >= 4 is 35.0 Å². The zero-order valence-electron chi connectivity index (χ0n) is 9.14. The van der Waals surface area contributed by atoms with Crippen LogP contribution >= 0.6 is 11.6 Å². The molecule has 0 amide bonds. The zero-order chi connectivity index (χ0) is 12.9. The third kappa shape index (κ3) is 1.48. The van der Waals surface area contributed by atoms with Crippen LogP contribution in [0.1, 0.15) is 15.9 Å². The quantitative estimate of drug-likeness (QED) is 0.671. The van der Waals surface area contributed by atoms with Gasteiger partial charge in [0.05, 0.1) is 0 Å². The molecule has 2 aliphatic carbocycles. The van der Waals surface area contributed by atoms with Crippen LogP contribution in [0.2, 0.25) is 5.02 Å². The van der Waals surface area contributed by atoms with Crippen LogP contribution in [-0.4, -0.2) is 17.3 Å². The number of allylic oxidation sites excluding steroid dienone is 3. The Hall–Kier alpha value is -2.00. The van der Waals surface area contributed by atoms with Crippen molar-refractivity contribution in [2.45, 2.75) is 0 Å². The van der Waals surface area contributed by atoms with Crippen LogP contribution in [0.3, 0.4) is 0 Å². The van der Waals surface area contributed by atoms with Crippen LogP contribution in [-0.2, 0) is 9.59 Å². The van der Waals surface area contributed by atoms with Gasteiger partial charge in [0, 0.05) is 16.2 Å². The van der Waals surface area contributed by atoms with Crippen LogP contribution < -0.4 is 0 Å². The number of rotatable bonds is 0. The number of hydrogen-bond acceptors (Lipinski definition) is 3. The van der Waals surface area contributed by atoms with Gasteiger partial charge in [-0.2, -0.15) is 0 Å². The number of fused-ring (bicyclic) bond motifs is 2. The molecule has 0 N–H and O–H groups in total. The van der Waals surface area contributed by atoms with Gasteiger partial charge >= 0.3 is 0 Å². The Kier molecular flexibility index (Phi) is 2.31. The standard InChI is InChI=1S/C14H7ClO3/c15-8-1-2-9-7(5-8)6-10-11(16)3-4-12(17)13(10)14(9)18/h1-6,13H. The predicted molar refractivity (Wildman–Crippen MR) is 66.4 cm³/mol. The minimum Gasteiger partial charge on any atom is -0.294 e. The number of halogens is 1. The van der Waals surface area contributed by atoms with E-state index in [2.05, 4.69) is 0 Å². The molecule has 0 fully saturated rings. The molecule has 2 aliphatic rings. The third-order valence-corrected chi connectivity index (χ3v) is 3.37. The predicted octanol–water partition coefficient (Wildman–Crippen LogP) is 2.24. The molecule has 3 rings (SSSR count). The van der Waals surface area contributed by atoms with Crippen molar-refractivity contribution in [1.82, 2.24) is 0 Å². The van der Waals surface area contributed by atoms with Crippen LogP contribution in [0, 0.1) is 5.92 Å². The van der Waals surface area contributed by atoms with E-state index < -0.39 is 5.92 Å². The number of Topliss-reactive ketones (excluding diaryl/α,β-unsaturated/α-hetero) is 1. The van der Waals surface area contributed by atoms with Gasteiger partial charge < -0.3 is 0 Å². The van der Waals surface area contributed by atoms with E-state index in [1.54, 1.807) is 24.3 Å². The highest BCUT2D eigenvalue weighted by Crippen LogP contribution is 2.33. The first-order valence-corrected chi connectivity index (χ1v) is 5.77. The summed E-state index contributed by atoms with van der Waals surface area (Å²) in [6.45, 7) is 0. The molecule has 1 unspecified atom stereocenters. The highest BCUT2D eigenvalue weighted by molar-refractivity contribution is 6.32. The molecular formula is C14H7ClO3. The van der Waals surface area contributed by atoms with Gasteiger partial charge in [-0.1, -0.05) is 11.6 Å². The lowest BCUT2D eigenvalue weighted by Crippen LogP contribution is -2.33. The lowest BCUT2D eigenvalue weighted by atomic mass is 9.76. The van der Waals surface area contributed by atoms with Crippen LogP contribution in [0.4, 0.5) is 0 Å². The van der Waals surface area contributed by atoms with Crippen molar-refractivity contribution in [3.05, 3.63) is 52.1 Å².